The Morgan fingerprint density at radius 3 is 2.36 bits per heavy atom. The first-order chi connectivity index (χ1) is 13.5. The molecule has 1 aromatic carbocycles. The van der Waals surface area contributed by atoms with E-state index in [-0.39, 0.29) is 36.5 Å². The topological polar surface area (TPSA) is 81.7 Å². The maximum absolute atomic E-state index is 12.7. The number of amides is 1. The molecule has 0 aliphatic heterocycles. The fourth-order valence-corrected chi connectivity index (χ4v) is 4.29. The Morgan fingerprint density at radius 2 is 1.71 bits per heavy atom. The summed E-state index contributed by atoms with van der Waals surface area (Å²) in [5, 5.41) is 3.18. The third-order valence-corrected chi connectivity index (χ3v) is 5.87. The number of rotatable bonds is 7. The molecule has 2 atom stereocenters. The Hall–Kier alpha value is -2.67. The van der Waals surface area contributed by atoms with Crippen LogP contribution in [0.2, 0.25) is 0 Å². The number of benzene rings is 1. The van der Waals surface area contributed by atoms with Gasteiger partial charge < -0.3 is 14.8 Å². The van der Waals surface area contributed by atoms with Crippen LogP contribution in [0.5, 0.6) is 0 Å². The first-order valence-corrected chi connectivity index (χ1v) is 10.1. The largest absolute Gasteiger partial charge is 0.462 e. The van der Waals surface area contributed by atoms with Gasteiger partial charge in [0.15, 0.2) is 0 Å². The van der Waals surface area contributed by atoms with Gasteiger partial charge >= 0.3 is 11.9 Å². The first-order valence-electron chi connectivity index (χ1n) is 9.31. The van der Waals surface area contributed by atoms with E-state index in [0.717, 1.165) is 23.3 Å². The minimum Gasteiger partial charge on any atom is -0.462 e. The number of anilines is 1. The molecule has 7 heteroatoms. The average Bonchev–Trinajstić information content (AvgIpc) is 3.41. The van der Waals surface area contributed by atoms with Gasteiger partial charge in [-0.25, -0.2) is 9.59 Å². The molecule has 1 aliphatic rings. The Labute approximate surface area is 167 Å². The van der Waals surface area contributed by atoms with Crippen molar-refractivity contribution in [1.29, 1.82) is 0 Å². The molecule has 1 aliphatic carbocycles. The van der Waals surface area contributed by atoms with E-state index in [4.69, 9.17) is 9.47 Å². The molecule has 148 valence electrons. The minimum absolute atomic E-state index is 0.147. The number of nitrogens with one attached hydrogen (secondary N) is 1. The Bertz CT molecular complexity index is 890. The lowest BCUT2D eigenvalue weighted by molar-refractivity contribution is -0.117. The summed E-state index contributed by atoms with van der Waals surface area (Å²) < 4.78 is 10.2. The molecule has 0 bridgehead atoms. The minimum atomic E-state index is -0.558. The number of carbonyl (C=O) groups excluding carboxylic acids is 3. The van der Waals surface area contributed by atoms with Crippen molar-refractivity contribution in [1.82, 2.24) is 0 Å². The number of hydrogen-bond acceptors (Lipinski definition) is 6. The number of carbonyl (C=O) groups is 3. The van der Waals surface area contributed by atoms with Gasteiger partial charge in [0.1, 0.15) is 9.88 Å². The van der Waals surface area contributed by atoms with Crippen molar-refractivity contribution in [2.75, 3.05) is 18.5 Å². The SMILES string of the molecule is CCOC(=O)c1sc(NC(=O)[C@H]2C[C@H]2c2ccccc2)c(C(=O)OCC)c1C. The van der Waals surface area contributed by atoms with E-state index in [2.05, 4.69) is 5.32 Å². The lowest BCUT2D eigenvalue weighted by Gasteiger charge is -2.07. The van der Waals surface area contributed by atoms with Crippen LogP contribution in [-0.4, -0.2) is 31.1 Å². The van der Waals surface area contributed by atoms with Crippen LogP contribution in [0.4, 0.5) is 5.00 Å². The predicted molar refractivity (Wildman–Crippen MR) is 107 cm³/mol. The highest BCUT2D eigenvalue weighted by atomic mass is 32.1. The number of hydrogen-bond donors (Lipinski definition) is 1. The molecule has 0 saturated heterocycles. The third-order valence-electron chi connectivity index (χ3n) is 4.68. The van der Waals surface area contributed by atoms with Crippen molar-refractivity contribution >= 4 is 34.2 Å². The first kappa shape index (κ1) is 20.1. The van der Waals surface area contributed by atoms with Gasteiger partial charge in [-0.15, -0.1) is 11.3 Å². The van der Waals surface area contributed by atoms with Crippen LogP contribution in [0, 0.1) is 12.8 Å². The summed E-state index contributed by atoms with van der Waals surface area (Å²) in [5.74, 6) is -1.19. The summed E-state index contributed by atoms with van der Waals surface area (Å²) in [6, 6.07) is 9.87. The van der Waals surface area contributed by atoms with Crippen LogP contribution in [0.15, 0.2) is 30.3 Å². The number of ether oxygens (including phenoxy) is 2. The fraction of sp³-hybridized carbons (Fsp3) is 0.381. The second kappa shape index (κ2) is 8.56. The smallest absolute Gasteiger partial charge is 0.348 e. The zero-order chi connectivity index (χ0) is 20.3. The Balaban J connectivity index is 1.82. The summed E-state index contributed by atoms with van der Waals surface area (Å²) in [7, 11) is 0. The van der Waals surface area contributed by atoms with Crippen LogP contribution in [0.1, 0.15) is 57.3 Å². The van der Waals surface area contributed by atoms with Crippen LogP contribution in [0.3, 0.4) is 0 Å². The summed E-state index contributed by atoms with van der Waals surface area (Å²) in [6.07, 6.45) is 0.764. The van der Waals surface area contributed by atoms with Crippen LogP contribution < -0.4 is 5.32 Å². The standard InChI is InChI=1S/C21H23NO5S/c1-4-26-20(24)16-12(3)17(21(25)27-5-2)28-19(16)22-18(23)15-11-14(15)13-9-7-6-8-10-13/h6-10,14-15H,4-5,11H2,1-3H3,(H,22,23)/t14-,15-/m0/s1. The van der Waals surface area contributed by atoms with E-state index < -0.39 is 11.9 Å². The Morgan fingerprint density at radius 1 is 1.07 bits per heavy atom. The fourth-order valence-electron chi connectivity index (χ4n) is 3.20. The molecular formula is C21H23NO5S. The highest BCUT2D eigenvalue weighted by Crippen LogP contribution is 2.48. The van der Waals surface area contributed by atoms with Crippen LogP contribution in [0.25, 0.3) is 0 Å². The molecule has 1 heterocycles. The van der Waals surface area contributed by atoms with Gasteiger partial charge in [-0.3, -0.25) is 4.79 Å². The number of thiophene rings is 1. The van der Waals surface area contributed by atoms with E-state index in [1.165, 1.54) is 0 Å². The summed E-state index contributed by atoms with van der Waals surface area (Å²) in [4.78, 5) is 37.7. The van der Waals surface area contributed by atoms with Gasteiger partial charge in [-0.05, 0) is 44.2 Å². The molecule has 1 amide bonds. The van der Waals surface area contributed by atoms with Crippen molar-refractivity contribution in [2.24, 2.45) is 5.92 Å². The van der Waals surface area contributed by atoms with Gasteiger partial charge in [0.25, 0.3) is 0 Å². The van der Waals surface area contributed by atoms with Crippen molar-refractivity contribution in [3.63, 3.8) is 0 Å². The maximum Gasteiger partial charge on any atom is 0.348 e. The molecular weight excluding hydrogens is 378 g/mol. The average molecular weight is 401 g/mol. The molecule has 6 nitrogen and oxygen atoms in total. The predicted octanol–water partition coefficient (Wildman–Crippen LogP) is 4.15. The van der Waals surface area contributed by atoms with Gasteiger partial charge in [0.2, 0.25) is 5.91 Å². The third kappa shape index (κ3) is 4.09. The van der Waals surface area contributed by atoms with Gasteiger partial charge in [-0.2, -0.15) is 0 Å². The highest BCUT2D eigenvalue weighted by Gasteiger charge is 2.44. The van der Waals surface area contributed by atoms with Crippen LogP contribution >= 0.6 is 11.3 Å². The van der Waals surface area contributed by atoms with Crippen LogP contribution in [-0.2, 0) is 14.3 Å². The summed E-state index contributed by atoms with van der Waals surface area (Å²) >= 11 is 1.05. The normalized spacial score (nSPS) is 17.7. The lowest BCUT2D eigenvalue weighted by atomic mass is 10.1. The van der Waals surface area contributed by atoms with Crippen molar-refractivity contribution in [2.45, 2.75) is 33.1 Å². The maximum atomic E-state index is 12.7. The van der Waals surface area contributed by atoms with Gasteiger partial charge in [-0.1, -0.05) is 30.3 Å². The molecule has 28 heavy (non-hydrogen) atoms. The van der Waals surface area contributed by atoms with E-state index >= 15 is 0 Å². The van der Waals surface area contributed by atoms with E-state index in [9.17, 15) is 14.4 Å². The summed E-state index contributed by atoms with van der Waals surface area (Å²) in [6.45, 7) is 5.52. The van der Waals surface area contributed by atoms with Gasteiger partial charge in [0, 0.05) is 5.92 Å². The van der Waals surface area contributed by atoms with E-state index in [0.29, 0.717) is 15.4 Å². The molecule has 3 rings (SSSR count). The van der Waals surface area contributed by atoms with Crippen molar-refractivity contribution < 1.29 is 23.9 Å². The zero-order valence-corrected chi connectivity index (χ0v) is 16.9. The molecule has 1 saturated carbocycles. The molecule has 1 N–H and O–H groups in total. The molecule has 0 unspecified atom stereocenters. The number of esters is 2. The van der Waals surface area contributed by atoms with Gasteiger partial charge in [0.05, 0.1) is 18.8 Å². The Kier molecular flexibility index (Phi) is 6.14. The molecule has 0 spiro atoms. The molecule has 0 radical (unpaired) electrons. The molecule has 1 fully saturated rings. The second-order valence-corrected chi connectivity index (χ2v) is 7.57. The quantitative estimate of drug-likeness (QED) is 0.705. The lowest BCUT2D eigenvalue weighted by Crippen LogP contribution is -2.16. The van der Waals surface area contributed by atoms with Crippen molar-refractivity contribution in [3.05, 3.63) is 51.9 Å². The van der Waals surface area contributed by atoms with E-state index in [1.54, 1.807) is 20.8 Å². The monoisotopic (exact) mass is 401 g/mol. The second-order valence-electron chi connectivity index (χ2n) is 6.55. The van der Waals surface area contributed by atoms with E-state index in [1.807, 2.05) is 30.3 Å². The van der Waals surface area contributed by atoms with Crippen molar-refractivity contribution in [3.8, 4) is 0 Å². The summed E-state index contributed by atoms with van der Waals surface area (Å²) in [5.41, 5.74) is 1.82. The highest BCUT2D eigenvalue weighted by molar-refractivity contribution is 7.18. The molecule has 2 aromatic rings. The molecule has 1 aromatic heterocycles. The zero-order valence-electron chi connectivity index (χ0n) is 16.1.